The summed E-state index contributed by atoms with van der Waals surface area (Å²) in [7, 11) is 3.25. The Hall–Kier alpha value is -2.33. The molecule has 0 aromatic carbocycles. The molecule has 1 heterocycles. The number of aldehydes is 1. The van der Waals surface area contributed by atoms with Gasteiger partial charge in [0.25, 0.3) is 0 Å². The molecular formula is C20H26FNO2. The number of carbonyl (C=O) groups excluding carboxylic acids is 1. The van der Waals surface area contributed by atoms with Gasteiger partial charge >= 0.3 is 0 Å². The largest absolute Gasteiger partial charge is 0.388 e. The van der Waals surface area contributed by atoms with Gasteiger partial charge in [-0.3, -0.25) is 4.79 Å². The lowest BCUT2D eigenvalue weighted by molar-refractivity contribution is 0.111. The van der Waals surface area contributed by atoms with Crippen LogP contribution >= 0.6 is 0 Å². The zero-order valence-corrected chi connectivity index (χ0v) is 14.8. The van der Waals surface area contributed by atoms with Gasteiger partial charge in [-0.25, -0.2) is 9.37 Å². The fourth-order valence-electron chi connectivity index (χ4n) is 1.71. The first-order valence-corrected chi connectivity index (χ1v) is 7.82. The third kappa shape index (κ3) is 8.96. The van der Waals surface area contributed by atoms with Gasteiger partial charge in [0.1, 0.15) is 11.5 Å². The Morgan fingerprint density at radius 2 is 1.96 bits per heavy atom. The van der Waals surface area contributed by atoms with E-state index >= 15 is 0 Å². The summed E-state index contributed by atoms with van der Waals surface area (Å²) < 4.78 is 18.4. The number of hydrogen-bond acceptors (Lipinski definition) is 3. The number of allylic oxidation sites excluding steroid dienone is 8. The molecule has 0 aliphatic rings. The Balaban J connectivity index is 0.00000163. The average Bonchev–Trinajstić information content (AvgIpc) is 2.59. The Labute approximate surface area is 144 Å². The molecular weight excluding hydrogens is 305 g/mol. The molecule has 1 rings (SSSR count). The van der Waals surface area contributed by atoms with Crippen LogP contribution in [0.5, 0.6) is 0 Å². The molecule has 1 aromatic rings. The average molecular weight is 331 g/mol. The molecule has 0 aliphatic heterocycles. The first-order chi connectivity index (χ1) is 11.6. The van der Waals surface area contributed by atoms with Gasteiger partial charge in [0.05, 0.1) is 5.69 Å². The molecule has 24 heavy (non-hydrogen) atoms. The van der Waals surface area contributed by atoms with Crippen molar-refractivity contribution in [1.29, 1.82) is 0 Å². The summed E-state index contributed by atoms with van der Waals surface area (Å²) in [5.74, 6) is -0.381. The first-order valence-electron chi connectivity index (χ1n) is 7.82. The van der Waals surface area contributed by atoms with Crippen LogP contribution in [0.4, 0.5) is 4.39 Å². The van der Waals surface area contributed by atoms with Gasteiger partial charge in [-0.15, -0.1) is 0 Å². The first kappa shape index (κ1) is 21.7. The van der Waals surface area contributed by atoms with Crippen molar-refractivity contribution in [3.63, 3.8) is 0 Å². The van der Waals surface area contributed by atoms with Crippen molar-refractivity contribution in [1.82, 2.24) is 4.98 Å². The van der Waals surface area contributed by atoms with Crippen LogP contribution in [-0.2, 0) is 4.74 Å². The molecule has 3 nitrogen and oxygen atoms in total. The fraction of sp³-hybridized carbons (Fsp3) is 0.300. The van der Waals surface area contributed by atoms with Crippen LogP contribution in [0.25, 0.3) is 5.57 Å². The highest BCUT2D eigenvalue weighted by Crippen LogP contribution is 2.22. The molecule has 0 spiro atoms. The minimum Gasteiger partial charge on any atom is -0.388 e. The van der Waals surface area contributed by atoms with E-state index in [2.05, 4.69) is 16.6 Å². The van der Waals surface area contributed by atoms with Crippen LogP contribution in [0.3, 0.4) is 0 Å². The minimum atomic E-state index is -0.381. The van der Waals surface area contributed by atoms with Crippen molar-refractivity contribution in [3.05, 3.63) is 71.9 Å². The summed E-state index contributed by atoms with van der Waals surface area (Å²) in [6, 6.07) is 4.95. The second kappa shape index (κ2) is 14.3. The molecule has 0 unspecified atom stereocenters. The maximum atomic E-state index is 14.2. The third-order valence-corrected chi connectivity index (χ3v) is 2.77. The Bertz CT molecular complexity index is 601. The SMILES string of the molecule is COC.C\C=C(/C(F)=C\C=C\C=C\CCC)c1cccc(C=O)n1. The van der Waals surface area contributed by atoms with E-state index in [9.17, 15) is 9.18 Å². The molecule has 4 heteroatoms. The van der Waals surface area contributed by atoms with Crippen LogP contribution in [0, 0.1) is 0 Å². The van der Waals surface area contributed by atoms with Crippen molar-refractivity contribution >= 4 is 11.9 Å². The van der Waals surface area contributed by atoms with E-state index in [-0.39, 0.29) is 11.5 Å². The van der Waals surface area contributed by atoms with Crippen LogP contribution in [0.2, 0.25) is 0 Å². The summed E-state index contributed by atoms with van der Waals surface area (Å²) in [6.07, 6.45) is 13.2. The number of aromatic nitrogens is 1. The van der Waals surface area contributed by atoms with E-state index in [1.165, 1.54) is 6.08 Å². The van der Waals surface area contributed by atoms with Gasteiger partial charge < -0.3 is 4.74 Å². The van der Waals surface area contributed by atoms with Gasteiger partial charge in [-0.05, 0) is 31.6 Å². The lowest BCUT2D eigenvalue weighted by Gasteiger charge is -2.04. The van der Waals surface area contributed by atoms with E-state index in [4.69, 9.17) is 0 Å². The van der Waals surface area contributed by atoms with Crippen molar-refractivity contribution in [2.75, 3.05) is 14.2 Å². The second-order valence-electron chi connectivity index (χ2n) is 4.79. The van der Waals surface area contributed by atoms with Crippen LogP contribution in [0.15, 0.2) is 60.5 Å². The molecule has 0 atom stereocenters. The fourth-order valence-corrected chi connectivity index (χ4v) is 1.71. The number of hydrogen-bond donors (Lipinski definition) is 0. The van der Waals surface area contributed by atoms with Crippen molar-refractivity contribution in [3.8, 4) is 0 Å². The molecule has 0 aliphatic carbocycles. The van der Waals surface area contributed by atoms with E-state index in [0.29, 0.717) is 17.6 Å². The molecule has 0 radical (unpaired) electrons. The number of pyridine rings is 1. The van der Waals surface area contributed by atoms with Crippen molar-refractivity contribution in [2.45, 2.75) is 26.7 Å². The van der Waals surface area contributed by atoms with Gasteiger partial charge in [0.15, 0.2) is 6.29 Å². The standard InChI is InChI=1S/C18H20FNO.C2H6O/c1-3-5-6-7-8-9-12-17(19)16(4-2)18-13-10-11-15(14-21)20-18;1-3-2/h4,6-14H,3,5H2,1-2H3;1-2H3/b7-6+,9-8+,16-4+,17-12+;. The highest BCUT2D eigenvalue weighted by atomic mass is 19.1. The second-order valence-corrected chi connectivity index (χ2v) is 4.79. The summed E-state index contributed by atoms with van der Waals surface area (Å²) in [5, 5.41) is 0. The zero-order chi connectivity index (χ0) is 18.2. The molecule has 0 fully saturated rings. The molecule has 130 valence electrons. The lowest BCUT2D eigenvalue weighted by Crippen LogP contribution is -1.94. The highest BCUT2D eigenvalue weighted by molar-refractivity contribution is 5.78. The van der Waals surface area contributed by atoms with Gasteiger partial charge in [-0.1, -0.05) is 49.8 Å². The Kier molecular flexibility index (Phi) is 12.9. The Morgan fingerprint density at radius 1 is 1.25 bits per heavy atom. The monoisotopic (exact) mass is 331 g/mol. The summed E-state index contributed by atoms with van der Waals surface area (Å²) in [6.45, 7) is 3.84. The maximum Gasteiger partial charge on any atom is 0.168 e. The Morgan fingerprint density at radius 3 is 2.54 bits per heavy atom. The number of carbonyl (C=O) groups is 1. The molecule has 0 saturated heterocycles. The summed E-state index contributed by atoms with van der Waals surface area (Å²) in [5.41, 5.74) is 1.12. The van der Waals surface area contributed by atoms with Gasteiger partial charge in [0.2, 0.25) is 0 Å². The minimum absolute atomic E-state index is 0.290. The summed E-state index contributed by atoms with van der Waals surface area (Å²) in [4.78, 5) is 14.8. The van der Waals surface area contributed by atoms with E-state index in [1.807, 2.05) is 12.2 Å². The third-order valence-electron chi connectivity index (χ3n) is 2.77. The number of unbranched alkanes of at least 4 members (excludes halogenated alkanes) is 1. The molecule has 0 N–H and O–H groups in total. The quantitative estimate of drug-likeness (QED) is 0.501. The molecule has 1 aromatic heterocycles. The smallest absolute Gasteiger partial charge is 0.168 e. The predicted octanol–water partition coefficient (Wildman–Crippen LogP) is 5.33. The van der Waals surface area contributed by atoms with E-state index < -0.39 is 0 Å². The van der Waals surface area contributed by atoms with Gasteiger partial charge in [0, 0.05) is 19.8 Å². The topological polar surface area (TPSA) is 39.2 Å². The van der Waals surface area contributed by atoms with E-state index in [1.54, 1.807) is 57.6 Å². The van der Waals surface area contributed by atoms with E-state index in [0.717, 1.165) is 12.8 Å². The number of nitrogens with zero attached hydrogens (tertiary/aromatic N) is 1. The predicted molar refractivity (Wildman–Crippen MR) is 98.6 cm³/mol. The lowest BCUT2D eigenvalue weighted by atomic mass is 10.1. The maximum absolute atomic E-state index is 14.2. The zero-order valence-electron chi connectivity index (χ0n) is 14.8. The van der Waals surface area contributed by atoms with Crippen molar-refractivity contribution in [2.24, 2.45) is 0 Å². The highest BCUT2D eigenvalue weighted by Gasteiger charge is 2.07. The number of rotatable bonds is 7. The normalized spacial score (nSPS) is 12.4. The van der Waals surface area contributed by atoms with Gasteiger partial charge in [-0.2, -0.15) is 0 Å². The number of ether oxygens (including phenoxy) is 1. The number of halogens is 1. The summed E-state index contributed by atoms with van der Waals surface area (Å²) >= 11 is 0. The van der Waals surface area contributed by atoms with Crippen LogP contribution in [0.1, 0.15) is 42.9 Å². The van der Waals surface area contributed by atoms with Crippen LogP contribution < -0.4 is 0 Å². The molecule has 0 bridgehead atoms. The number of methoxy groups -OCH3 is 1. The van der Waals surface area contributed by atoms with Crippen LogP contribution in [-0.4, -0.2) is 25.5 Å². The molecule has 0 amide bonds. The molecule has 0 saturated carbocycles. The van der Waals surface area contributed by atoms with Crippen molar-refractivity contribution < 1.29 is 13.9 Å².